The van der Waals surface area contributed by atoms with Crippen LogP contribution in [-0.2, 0) is 17.6 Å². The number of ether oxygens (including phenoxy) is 1. The molecular weight excluding hydrogens is 280 g/mol. The van der Waals surface area contributed by atoms with Crippen LogP contribution < -0.4 is 0 Å². The van der Waals surface area contributed by atoms with Crippen LogP contribution in [0.25, 0.3) is 0 Å². The van der Waals surface area contributed by atoms with Gasteiger partial charge in [-0.25, -0.2) is 9.59 Å². The lowest BCUT2D eigenvalue weighted by Gasteiger charge is -2.16. The predicted octanol–water partition coefficient (Wildman–Crippen LogP) is 4.10. The summed E-state index contributed by atoms with van der Waals surface area (Å²) in [5.41, 5.74) is 2.00. The molecule has 0 heterocycles. The van der Waals surface area contributed by atoms with Crippen molar-refractivity contribution in [2.24, 2.45) is 5.92 Å². The van der Waals surface area contributed by atoms with Gasteiger partial charge in [-0.1, -0.05) is 40.2 Å². The molecule has 0 saturated carbocycles. The third-order valence-electron chi connectivity index (χ3n) is 3.56. The molecule has 0 aliphatic rings. The van der Waals surface area contributed by atoms with E-state index in [0.717, 1.165) is 30.4 Å². The van der Waals surface area contributed by atoms with E-state index in [1.807, 2.05) is 19.9 Å². The summed E-state index contributed by atoms with van der Waals surface area (Å²) in [6.45, 7) is 8.42. The third kappa shape index (κ3) is 4.58. The average Bonchev–Trinajstić information content (AvgIpc) is 2.46. The maximum absolute atomic E-state index is 12.2. The van der Waals surface area contributed by atoms with Gasteiger partial charge in [0.25, 0.3) is 0 Å². The summed E-state index contributed by atoms with van der Waals surface area (Å²) in [4.78, 5) is 23.8. The largest absolute Gasteiger partial charge is 0.478 e. The molecule has 122 valence electrons. The molecule has 0 aliphatic carbocycles. The van der Waals surface area contributed by atoms with E-state index < -0.39 is 11.9 Å². The molecule has 4 heteroatoms. The van der Waals surface area contributed by atoms with Gasteiger partial charge in [-0.05, 0) is 42.4 Å². The van der Waals surface area contributed by atoms with Crippen molar-refractivity contribution in [3.63, 3.8) is 0 Å². The normalized spacial score (nSPS) is 10.8. The number of carboxylic acid groups (broad SMARTS) is 1. The van der Waals surface area contributed by atoms with E-state index >= 15 is 0 Å². The molecule has 0 bridgehead atoms. The Kier molecular flexibility index (Phi) is 7.09. The number of aromatic carboxylic acids is 1. The molecule has 0 spiro atoms. The Morgan fingerprint density at radius 2 is 1.91 bits per heavy atom. The van der Waals surface area contributed by atoms with E-state index in [1.165, 1.54) is 0 Å². The lowest BCUT2D eigenvalue weighted by atomic mass is 9.90. The molecule has 0 saturated heterocycles. The van der Waals surface area contributed by atoms with E-state index in [-0.39, 0.29) is 11.1 Å². The maximum atomic E-state index is 12.2. The first-order valence-corrected chi connectivity index (χ1v) is 7.97. The first kappa shape index (κ1) is 18.2. The predicted molar refractivity (Wildman–Crippen MR) is 86.5 cm³/mol. The molecular formula is C18H26O4. The highest BCUT2D eigenvalue weighted by Crippen LogP contribution is 2.24. The quantitative estimate of drug-likeness (QED) is 0.580. The van der Waals surface area contributed by atoms with Gasteiger partial charge in [0, 0.05) is 0 Å². The zero-order valence-corrected chi connectivity index (χ0v) is 13.9. The summed E-state index contributed by atoms with van der Waals surface area (Å²) in [7, 11) is 0. The van der Waals surface area contributed by atoms with Crippen LogP contribution in [-0.4, -0.2) is 23.7 Å². The first-order valence-electron chi connectivity index (χ1n) is 7.97. The highest BCUT2D eigenvalue weighted by molar-refractivity contribution is 6.03. The number of hydrogen-bond donors (Lipinski definition) is 1. The molecule has 1 aromatic rings. The van der Waals surface area contributed by atoms with Crippen molar-refractivity contribution >= 4 is 11.9 Å². The van der Waals surface area contributed by atoms with Crippen LogP contribution in [0, 0.1) is 5.92 Å². The summed E-state index contributed by atoms with van der Waals surface area (Å²) in [5, 5.41) is 9.55. The number of benzene rings is 1. The molecule has 1 aromatic carbocycles. The van der Waals surface area contributed by atoms with Crippen LogP contribution in [0.15, 0.2) is 12.1 Å². The van der Waals surface area contributed by atoms with E-state index in [2.05, 4.69) is 13.8 Å². The zero-order chi connectivity index (χ0) is 16.7. The molecule has 4 nitrogen and oxygen atoms in total. The van der Waals surface area contributed by atoms with Gasteiger partial charge in [0.2, 0.25) is 0 Å². The summed E-state index contributed by atoms with van der Waals surface area (Å²) in [5.74, 6) is -1.18. The lowest BCUT2D eigenvalue weighted by Crippen LogP contribution is -2.16. The van der Waals surface area contributed by atoms with E-state index in [0.29, 0.717) is 18.9 Å². The highest BCUT2D eigenvalue weighted by Gasteiger charge is 2.23. The SMILES string of the molecule is CCCCOC(=O)c1ccc(CC(C)C)c(CC)c1C(=O)O. The summed E-state index contributed by atoms with van der Waals surface area (Å²) < 4.78 is 5.18. The average molecular weight is 306 g/mol. The van der Waals surface area contributed by atoms with Crippen molar-refractivity contribution in [2.45, 2.75) is 53.4 Å². The fourth-order valence-electron chi connectivity index (χ4n) is 2.53. The van der Waals surface area contributed by atoms with Crippen molar-refractivity contribution in [1.29, 1.82) is 0 Å². The van der Waals surface area contributed by atoms with Crippen LogP contribution >= 0.6 is 0 Å². The van der Waals surface area contributed by atoms with Crippen molar-refractivity contribution in [3.8, 4) is 0 Å². The van der Waals surface area contributed by atoms with Crippen LogP contribution in [0.1, 0.15) is 72.4 Å². The lowest BCUT2D eigenvalue weighted by molar-refractivity contribution is 0.0489. The molecule has 1 N–H and O–H groups in total. The van der Waals surface area contributed by atoms with E-state index in [1.54, 1.807) is 6.07 Å². The van der Waals surface area contributed by atoms with Crippen molar-refractivity contribution < 1.29 is 19.4 Å². The van der Waals surface area contributed by atoms with Crippen LogP contribution in [0.2, 0.25) is 0 Å². The van der Waals surface area contributed by atoms with Gasteiger partial charge in [-0.3, -0.25) is 0 Å². The fourth-order valence-corrected chi connectivity index (χ4v) is 2.53. The Labute approximate surface area is 132 Å². The second-order valence-corrected chi connectivity index (χ2v) is 5.87. The van der Waals surface area contributed by atoms with Crippen LogP contribution in [0.4, 0.5) is 0 Å². The molecule has 1 rings (SSSR count). The highest BCUT2D eigenvalue weighted by atomic mass is 16.5. The Hall–Kier alpha value is -1.84. The fraction of sp³-hybridized carbons (Fsp3) is 0.556. The molecule has 0 radical (unpaired) electrons. The Morgan fingerprint density at radius 3 is 2.41 bits per heavy atom. The van der Waals surface area contributed by atoms with Crippen molar-refractivity contribution in [1.82, 2.24) is 0 Å². The van der Waals surface area contributed by atoms with Crippen molar-refractivity contribution in [3.05, 3.63) is 34.4 Å². The zero-order valence-electron chi connectivity index (χ0n) is 13.9. The number of carbonyl (C=O) groups excluding carboxylic acids is 1. The minimum Gasteiger partial charge on any atom is -0.478 e. The monoisotopic (exact) mass is 306 g/mol. The van der Waals surface area contributed by atoms with Gasteiger partial charge >= 0.3 is 11.9 Å². The second kappa shape index (κ2) is 8.57. The molecule has 0 aromatic heterocycles. The first-order chi connectivity index (χ1) is 10.4. The van der Waals surface area contributed by atoms with Gasteiger partial charge in [0.15, 0.2) is 0 Å². The van der Waals surface area contributed by atoms with E-state index in [9.17, 15) is 14.7 Å². The smallest absolute Gasteiger partial charge is 0.339 e. The second-order valence-electron chi connectivity index (χ2n) is 5.87. The molecule has 0 atom stereocenters. The van der Waals surface area contributed by atoms with Gasteiger partial charge in [0.05, 0.1) is 17.7 Å². The van der Waals surface area contributed by atoms with Crippen LogP contribution in [0.5, 0.6) is 0 Å². The van der Waals surface area contributed by atoms with Gasteiger partial charge in [0.1, 0.15) is 0 Å². The minimum absolute atomic E-state index is 0.0992. The third-order valence-corrected chi connectivity index (χ3v) is 3.56. The molecule has 0 aliphatic heterocycles. The maximum Gasteiger partial charge on any atom is 0.339 e. The molecule has 0 unspecified atom stereocenters. The number of hydrogen-bond acceptors (Lipinski definition) is 3. The van der Waals surface area contributed by atoms with Crippen LogP contribution in [0.3, 0.4) is 0 Å². The number of unbranched alkanes of at least 4 members (excludes halogenated alkanes) is 1. The van der Waals surface area contributed by atoms with Gasteiger partial charge in [-0.2, -0.15) is 0 Å². The summed E-state index contributed by atoms with van der Waals surface area (Å²) >= 11 is 0. The van der Waals surface area contributed by atoms with E-state index in [4.69, 9.17) is 4.74 Å². The standard InChI is InChI=1S/C18H26O4/c1-5-7-10-22-18(21)15-9-8-13(11-12(3)4)14(6-2)16(15)17(19)20/h8-9,12H,5-7,10-11H2,1-4H3,(H,19,20). The molecule has 0 fully saturated rings. The Balaban J connectivity index is 3.23. The summed E-state index contributed by atoms with van der Waals surface area (Å²) in [6.07, 6.45) is 3.08. The molecule has 22 heavy (non-hydrogen) atoms. The topological polar surface area (TPSA) is 63.6 Å². The number of carbonyl (C=O) groups is 2. The summed E-state index contributed by atoms with van der Waals surface area (Å²) in [6, 6.07) is 3.45. The number of esters is 1. The molecule has 0 amide bonds. The van der Waals surface area contributed by atoms with Gasteiger partial charge < -0.3 is 9.84 Å². The van der Waals surface area contributed by atoms with Crippen molar-refractivity contribution in [2.75, 3.05) is 6.61 Å². The Morgan fingerprint density at radius 1 is 1.23 bits per heavy atom. The minimum atomic E-state index is -1.06. The number of carboxylic acids is 1. The Bertz CT molecular complexity index is 532. The van der Waals surface area contributed by atoms with Gasteiger partial charge in [-0.15, -0.1) is 0 Å². The number of rotatable bonds is 8.